The third-order valence-electron chi connectivity index (χ3n) is 3.76. The molecule has 3 rings (SSSR count). The predicted molar refractivity (Wildman–Crippen MR) is 77.0 cm³/mol. The van der Waals surface area contributed by atoms with E-state index < -0.39 is 0 Å². The van der Waals surface area contributed by atoms with Crippen molar-refractivity contribution in [1.29, 1.82) is 0 Å². The summed E-state index contributed by atoms with van der Waals surface area (Å²) in [4.78, 5) is 22.1. The van der Waals surface area contributed by atoms with Crippen LogP contribution in [0.3, 0.4) is 0 Å². The maximum absolute atomic E-state index is 11.7. The van der Waals surface area contributed by atoms with Gasteiger partial charge in [0.05, 0.1) is 0 Å². The average Bonchev–Trinajstić information content (AvgIpc) is 2.85. The smallest absolute Gasteiger partial charge is 0.417 e. The predicted octanol–water partition coefficient (Wildman–Crippen LogP) is 1.49. The SMILES string of the molecule is NNC(=O)c1ccc2c(c1)C(CO[C]=O)c1ccccc1-2. The summed E-state index contributed by atoms with van der Waals surface area (Å²) in [5.41, 5.74) is 6.75. The number of hydrogen-bond donors (Lipinski definition) is 2. The van der Waals surface area contributed by atoms with Crippen molar-refractivity contribution in [2.45, 2.75) is 5.92 Å². The Kier molecular flexibility index (Phi) is 3.41. The number of benzene rings is 2. The molecular weight excluding hydrogens is 268 g/mol. The van der Waals surface area contributed by atoms with Crippen LogP contribution < -0.4 is 11.3 Å². The van der Waals surface area contributed by atoms with Gasteiger partial charge in [-0.05, 0) is 34.4 Å². The van der Waals surface area contributed by atoms with E-state index in [-0.39, 0.29) is 18.4 Å². The van der Waals surface area contributed by atoms with Gasteiger partial charge in [0.15, 0.2) is 0 Å². The van der Waals surface area contributed by atoms with E-state index in [1.165, 1.54) is 6.47 Å². The van der Waals surface area contributed by atoms with Gasteiger partial charge in [0.2, 0.25) is 0 Å². The average molecular weight is 281 g/mol. The Morgan fingerprint density at radius 3 is 2.71 bits per heavy atom. The second-order valence-corrected chi connectivity index (χ2v) is 4.81. The number of hydrogen-bond acceptors (Lipinski definition) is 4. The van der Waals surface area contributed by atoms with Crippen molar-refractivity contribution in [3.05, 3.63) is 59.2 Å². The molecule has 2 aromatic carbocycles. The summed E-state index contributed by atoms with van der Waals surface area (Å²) in [6.07, 6.45) is 0. The highest BCUT2D eigenvalue weighted by Crippen LogP contribution is 2.44. The molecule has 0 saturated heterocycles. The van der Waals surface area contributed by atoms with Crippen LogP contribution in [0.1, 0.15) is 27.4 Å². The van der Waals surface area contributed by atoms with Gasteiger partial charge in [-0.3, -0.25) is 10.2 Å². The molecule has 0 fully saturated rings. The summed E-state index contributed by atoms with van der Waals surface area (Å²) in [6.45, 7) is 1.65. The fraction of sp³-hybridized carbons (Fsp3) is 0.125. The number of carbonyl (C=O) groups is 1. The van der Waals surface area contributed by atoms with Crippen molar-refractivity contribution in [3.8, 4) is 11.1 Å². The minimum atomic E-state index is -0.352. The molecule has 0 bridgehead atoms. The molecule has 1 atom stereocenters. The first-order valence-corrected chi connectivity index (χ1v) is 6.49. The molecule has 3 N–H and O–H groups in total. The monoisotopic (exact) mass is 281 g/mol. The number of nitrogens with one attached hydrogen (secondary N) is 1. The Morgan fingerprint density at radius 2 is 1.95 bits per heavy atom. The molecule has 0 aromatic heterocycles. The van der Waals surface area contributed by atoms with E-state index >= 15 is 0 Å². The molecule has 1 aliphatic rings. The van der Waals surface area contributed by atoms with Crippen LogP contribution in [-0.2, 0) is 9.53 Å². The number of ether oxygens (including phenoxy) is 1. The highest BCUT2D eigenvalue weighted by Gasteiger charge is 2.29. The van der Waals surface area contributed by atoms with Gasteiger partial charge in [0, 0.05) is 11.5 Å². The quantitative estimate of drug-likeness (QED) is 0.505. The van der Waals surface area contributed by atoms with Gasteiger partial charge in [0.25, 0.3) is 5.91 Å². The fourth-order valence-electron chi connectivity index (χ4n) is 2.83. The lowest BCUT2D eigenvalue weighted by molar-refractivity contribution is 0.0953. The fourth-order valence-corrected chi connectivity index (χ4v) is 2.83. The molecule has 0 saturated carbocycles. The van der Waals surface area contributed by atoms with Crippen LogP contribution in [0.5, 0.6) is 0 Å². The van der Waals surface area contributed by atoms with Crippen LogP contribution in [0.15, 0.2) is 42.5 Å². The Bertz CT molecular complexity index is 712. The van der Waals surface area contributed by atoms with E-state index in [9.17, 15) is 9.59 Å². The van der Waals surface area contributed by atoms with Gasteiger partial charge in [0.1, 0.15) is 6.61 Å². The van der Waals surface area contributed by atoms with Gasteiger partial charge in [-0.2, -0.15) is 0 Å². The van der Waals surface area contributed by atoms with Crippen molar-refractivity contribution < 1.29 is 14.3 Å². The standard InChI is InChI=1S/C16H13N2O3/c17-18-16(20)10-5-6-13-11-3-1-2-4-12(11)15(8-21-9-19)14(13)7-10/h1-7,15H,8,17H2,(H,18,20). The lowest BCUT2D eigenvalue weighted by atomic mass is 9.96. The molecule has 1 amide bonds. The lowest BCUT2D eigenvalue weighted by Gasteiger charge is -2.12. The summed E-state index contributed by atoms with van der Waals surface area (Å²) in [5.74, 6) is 4.73. The molecule has 2 aromatic rings. The zero-order valence-corrected chi connectivity index (χ0v) is 11.1. The molecular formula is C16H13N2O3. The van der Waals surface area contributed by atoms with Crippen molar-refractivity contribution in [2.24, 2.45) is 5.84 Å². The van der Waals surface area contributed by atoms with Crippen LogP contribution in [0.25, 0.3) is 11.1 Å². The van der Waals surface area contributed by atoms with Crippen molar-refractivity contribution >= 4 is 12.4 Å². The molecule has 1 unspecified atom stereocenters. The van der Waals surface area contributed by atoms with Gasteiger partial charge in [-0.25, -0.2) is 10.6 Å². The second-order valence-electron chi connectivity index (χ2n) is 4.81. The maximum Gasteiger partial charge on any atom is 0.417 e. The minimum Gasteiger partial charge on any atom is -0.456 e. The van der Waals surface area contributed by atoms with E-state index in [4.69, 9.17) is 10.6 Å². The molecule has 1 aliphatic carbocycles. The largest absolute Gasteiger partial charge is 0.456 e. The number of nitrogens with two attached hydrogens (primary N) is 1. The molecule has 1 radical (unpaired) electrons. The minimum absolute atomic E-state index is 0.0943. The summed E-state index contributed by atoms with van der Waals surface area (Å²) >= 11 is 0. The van der Waals surface area contributed by atoms with Crippen LogP contribution in [-0.4, -0.2) is 19.0 Å². The molecule has 0 spiro atoms. The van der Waals surface area contributed by atoms with E-state index in [2.05, 4.69) is 5.43 Å². The number of nitrogen functional groups attached to an aromatic ring is 1. The third kappa shape index (κ3) is 2.17. The highest BCUT2D eigenvalue weighted by molar-refractivity contribution is 5.95. The third-order valence-corrected chi connectivity index (χ3v) is 3.76. The summed E-state index contributed by atoms with van der Waals surface area (Å²) < 4.78 is 4.83. The summed E-state index contributed by atoms with van der Waals surface area (Å²) in [5, 5.41) is 0. The molecule has 0 aliphatic heterocycles. The Labute approximate surface area is 121 Å². The number of amides is 1. The van der Waals surface area contributed by atoms with E-state index in [1.807, 2.05) is 30.3 Å². The first-order chi connectivity index (χ1) is 10.3. The van der Waals surface area contributed by atoms with Crippen molar-refractivity contribution in [2.75, 3.05) is 6.61 Å². The van der Waals surface area contributed by atoms with Gasteiger partial charge in [-0.15, -0.1) is 0 Å². The normalized spacial score (nSPS) is 15.0. The van der Waals surface area contributed by atoms with Crippen molar-refractivity contribution in [1.82, 2.24) is 5.43 Å². The number of rotatable bonds is 4. The molecule has 5 heteroatoms. The first kappa shape index (κ1) is 13.3. The van der Waals surface area contributed by atoms with Gasteiger partial charge >= 0.3 is 6.47 Å². The molecule has 105 valence electrons. The van der Waals surface area contributed by atoms with Gasteiger partial charge < -0.3 is 4.74 Å². The number of fused-ring (bicyclic) bond motifs is 3. The number of hydrazine groups is 1. The maximum atomic E-state index is 11.7. The van der Waals surface area contributed by atoms with Crippen LogP contribution in [0.4, 0.5) is 0 Å². The summed E-state index contributed by atoms with van der Waals surface area (Å²) in [7, 11) is 0. The van der Waals surface area contributed by atoms with E-state index in [0.717, 1.165) is 22.3 Å². The Morgan fingerprint density at radius 1 is 1.19 bits per heavy atom. The van der Waals surface area contributed by atoms with E-state index in [1.54, 1.807) is 12.1 Å². The zero-order valence-electron chi connectivity index (χ0n) is 11.1. The van der Waals surface area contributed by atoms with Crippen LogP contribution >= 0.6 is 0 Å². The van der Waals surface area contributed by atoms with Crippen LogP contribution in [0.2, 0.25) is 0 Å². The zero-order chi connectivity index (χ0) is 14.8. The number of carbonyl (C=O) groups excluding carboxylic acids is 2. The van der Waals surface area contributed by atoms with Gasteiger partial charge in [-0.1, -0.05) is 30.3 Å². The second kappa shape index (κ2) is 5.38. The first-order valence-electron chi connectivity index (χ1n) is 6.49. The lowest BCUT2D eigenvalue weighted by Crippen LogP contribution is -2.30. The molecule has 5 nitrogen and oxygen atoms in total. The van der Waals surface area contributed by atoms with Crippen LogP contribution in [0, 0.1) is 0 Å². The Balaban J connectivity index is 2.11. The molecule has 0 heterocycles. The topological polar surface area (TPSA) is 81.4 Å². The molecule has 21 heavy (non-hydrogen) atoms. The summed E-state index contributed by atoms with van der Waals surface area (Å²) in [6, 6.07) is 13.3. The highest BCUT2D eigenvalue weighted by atomic mass is 16.5. The Hall–Kier alpha value is -2.66. The van der Waals surface area contributed by atoms with E-state index in [0.29, 0.717) is 5.56 Å². The van der Waals surface area contributed by atoms with Crippen molar-refractivity contribution in [3.63, 3.8) is 0 Å².